The second kappa shape index (κ2) is 6.75. The number of unbranched alkanes of at least 4 members (excludes halogenated alkanes) is 1. The molecule has 0 radical (unpaired) electrons. The highest BCUT2D eigenvalue weighted by Crippen LogP contribution is 2.31. The minimum Gasteiger partial charge on any atom is -0.387 e. The third kappa shape index (κ3) is 3.00. The van der Waals surface area contributed by atoms with Crippen molar-refractivity contribution in [3.05, 3.63) is 12.7 Å². The zero-order chi connectivity index (χ0) is 16.4. The van der Waals surface area contributed by atoms with E-state index in [0.29, 0.717) is 17.7 Å². The largest absolute Gasteiger partial charge is 0.387 e. The van der Waals surface area contributed by atoms with Crippen molar-refractivity contribution >= 4 is 17.0 Å². The molecular formula is C14H22N6O3. The molecule has 0 amide bonds. The predicted molar refractivity (Wildman–Crippen MR) is 83.4 cm³/mol. The Hall–Kier alpha value is -1.81. The predicted octanol–water partition coefficient (Wildman–Crippen LogP) is -0.583. The van der Waals surface area contributed by atoms with E-state index < -0.39 is 24.5 Å². The standard InChI is InChI=1S/C14H22N6O3/c1-2-3-4-16-5-8-10(21)11(22)14(23-8)20-7-19-9-12(15)17-6-18-13(9)20/h6-8,10-11,14,16,21-22H,2-5H2,1H3,(H2,15,17,18)/t8?,10-,11-,14?/m1/s1. The van der Waals surface area contributed by atoms with E-state index in [0.717, 1.165) is 19.4 Å². The van der Waals surface area contributed by atoms with Gasteiger partial charge in [-0.05, 0) is 13.0 Å². The smallest absolute Gasteiger partial charge is 0.167 e. The highest BCUT2D eigenvalue weighted by atomic mass is 16.6. The molecule has 5 N–H and O–H groups in total. The first kappa shape index (κ1) is 16.1. The molecular weight excluding hydrogens is 300 g/mol. The van der Waals surface area contributed by atoms with E-state index in [-0.39, 0.29) is 5.82 Å². The number of hydrogen-bond donors (Lipinski definition) is 4. The van der Waals surface area contributed by atoms with Gasteiger partial charge in [0.15, 0.2) is 17.7 Å². The molecule has 0 saturated carbocycles. The Morgan fingerprint density at radius 2 is 2.13 bits per heavy atom. The van der Waals surface area contributed by atoms with Gasteiger partial charge in [-0.3, -0.25) is 4.57 Å². The summed E-state index contributed by atoms with van der Waals surface area (Å²) in [4.78, 5) is 12.2. The van der Waals surface area contributed by atoms with Crippen molar-refractivity contribution in [1.29, 1.82) is 0 Å². The summed E-state index contributed by atoms with van der Waals surface area (Å²) >= 11 is 0. The van der Waals surface area contributed by atoms with Gasteiger partial charge in [-0.15, -0.1) is 0 Å². The number of aliphatic hydroxyl groups excluding tert-OH is 2. The fourth-order valence-corrected chi connectivity index (χ4v) is 2.73. The highest BCUT2D eigenvalue weighted by Gasteiger charge is 2.44. The number of nitrogens with zero attached hydrogens (tertiary/aromatic N) is 4. The average molecular weight is 322 g/mol. The normalized spacial score (nSPS) is 27.8. The van der Waals surface area contributed by atoms with Gasteiger partial charge >= 0.3 is 0 Å². The molecule has 2 aromatic heterocycles. The van der Waals surface area contributed by atoms with Gasteiger partial charge in [-0.1, -0.05) is 13.3 Å². The number of imidazole rings is 1. The molecule has 126 valence electrons. The molecule has 9 nitrogen and oxygen atoms in total. The topological polar surface area (TPSA) is 131 Å². The van der Waals surface area contributed by atoms with E-state index in [2.05, 4.69) is 27.2 Å². The molecule has 1 aliphatic rings. The number of nitrogen functional groups attached to an aromatic ring is 1. The van der Waals surface area contributed by atoms with Crippen LogP contribution in [0.15, 0.2) is 12.7 Å². The van der Waals surface area contributed by atoms with Gasteiger partial charge in [-0.25, -0.2) is 15.0 Å². The van der Waals surface area contributed by atoms with Crippen LogP contribution < -0.4 is 11.1 Å². The lowest BCUT2D eigenvalue weighted by atomic mass is 10.1. The van der Waals surface area contributed by atoms with Crippen molar-refractivity contribution < 1.29 is 14.9 Å². The van der Waals surface area contributed by atoms with Crippen LogP contribution in [-0.2, 0) is 4.74 Å². The Bertz CT molecular complexity index is 663. The minimum atomic E-state index is -1.07. The van der Waals surface area contributed by atoms with E-state index in [4.69, 9.17) is 10.5 Å². The third-order valence-corrected chi connectivity index (χ3v) is 4.05. The van der Waals surface area contributed by atoms with Crippen LogP contribution in [-0.4, -0.2) is 61.1 Å². The summed E-state index contributed by atoms with van der Waals surface area (Å²) < 4.78 is 7.39. The van der Waals surface area contributed by atoms with Crippen molar-refractivity contribution in [2.24, 2.45) is 0 Å². The van der Waals surface area contributed by atoms with Gasteiger partial charge in [0.05, 0.1) is 6.33 Å². The van der Waals surface area contributed by atoms with Crippen LogP contribution in [0.25, 0.3) is 11.2 Å². The Labute approximate surface area is 133 Å². The van der Waals surface area contributed by atoms with E-state index >= 15 is 0 Å². The van der Waals surface area contributed by atoms with Crippen LogP contribution in [0.4, 0.5) is 5.82 Å². The van der Waals surface area contributed by atoms with Gasteiger partial charge in [0.25, 0.3) is 0 Å². The van der Waals surface area contributed by atoms with E-state index in [1.54, 1.807) is 4.57 Å². The first-order valence-electron chi connectivity index (χ1n) is 7.78. The zero-order valence-corrected chi connectivity index (χ0v) is 13.0. The van der Waals surface area contributed by atoms with Gasteiger partial charge in [0.2, 0.25) is 0 Å². The summed E-state index contributed by atoms with van der Waals surface area (Å²) in [5.41, 5.74) is 6.67. The van der Waals surface area contributed by atoms with Crippen molar-refractivity contribution in [3.63, 3.8) is 0 Å². The summed E-state index contributed by atoms with van der Waals surface area (Å²) in [5.74, 6) is 0.263. The summed E-state index contributed by atoms with van der Waals surface area (Å²) in [5, 5.41) is 23.7. The lowest BCUT2D eigenvalue weighted by molar-refractivity contribution is -0.0341. The number of aliphatic hydroxyl groups is 2. The number of aromatic nitrogens is 4. The lowest BCUT2D eigenvalue weighted by Crippen LogP contribution is -2.38. The van der Waals surface area contributed by atoms with Crippen molar-refractivity contribution in [3.8, 4) is 0 Å². The van der Waals surface area contributed by atoms with Crippen molar-refractivity contribution in [2.45, 2.75) is 44.3 Å². The molecule has 3 heterocycles. The molecule has 23 heavy (non-hydrogen) atoms. The van der Waals surface area contributed by atoms with Crippen LogP contribution in [0.2, 0.25) is 0 Å². The Kier molecular flexibility index (Phi) is 4.71. The summed E-state index contributed by atoms with van der Waals surface area (Å²) in [6.45, 7) is 3.43. The fraction of sp³-hybridized carbons (Fsp3) is 0.643. The molecule has 3 rings (SSSR count). The number of hydrogen-bond acceptors (Lipinski definition) is 8. The first-order chi connectivity index (χ1) is 11.1. The Balaban J connectivity index is 1.76. The Morgan fingerprint density at radius 3 is 2.91 bits per heavy atom. The van der Waals surface area contributed by atoms with E-state index in [1.807, 2.05) is 0 Å². The molecule has 2 aromatic rings. The first-order valence-corrected chi connectivity index (χ1v) is 7.78. The van der Waals surface area contributed by atoms with Crippen LogP contribution in [0.5, 0.6) is 0 Å². The molecule has 1 saturated heterocycles. The second-order valence-electron chi connectivity index (χ2n) is 5.69. The molecule has 0 spiro atoms. The van der Waals surface area contributed by atoms with E-state index in [1.165, 1.54) is 12.7 Å². The molecule has 9 heteroatoms. The monoisotopic (exact) mass is 322 g/mol. The number of rotatable bonds is 6. The quantitative estimate of drug-likeness (QED) is 0.519. The van der Waals surface area contributed by atoms with Crippen LogP contribution in [0.1, 0.15) is 26.0 Å². The number of ether oxygens (including phenoxy) is 1. The number of anilines is 1. The highest BCUT2D eigenvalue weighted by molar-refractivity contribution is 5.81. The van der Waals surface area contributed by atoms with Gasteiger partial charge in [0.1, 0.15) is 30.2 Å². The molecule has 0 aliphatic carbocycles. The number of fused-ring (bicyclic) bond motifs is 1. The fourth-order valence-electron chi connectivity index (χ4n) is 2.73. The zero-order valence-electron chi connectivity index (χ0n) is 13.0. The van der Waals surface area contributed by atoms with Crippen molar-refractivity contribution in [2.75, 3.05) is 18.8 Å². The maximum absolute atomic E-state index is 10.3. The summed E-state index contributed by atoms with van der Waals surface area (Å²) in [6.07, 6.45) is 1.66. The Morgan fingerprint density at radius 1 is 1.30 bits per heavy atom. The van der Waals surface area contributed by atoms with Crippen molar-refractivity contribution in [1.82, 2.24) is 24.8 Å². The molecule has 0 aromatic carbocycles. The van der Waals surface area contributed by atoms with Crippen LogP contribution in [0, 0.1) is 0 Å². The third-order valence-electron chi connectivity index (χ3n) is 4.05. The van der Waals surface area contributed by atoms with E-state index in [9.17, 15) is 10.2 Å². The number of nitrogens with one attached hydrogen (secondary N) is 1. The van der Waals surface area contributed by atoms with Gasteiger partial charge < -0.3 is 26.0 Å². The number of nitrogens with two attached hydrogens (primary N) is 1. The summed E-state index contributed by atoms with van der Waals surface area (Å²) in [6, 6.07) is 0. The van der Waals surface area contributed by atoms with Gasteiger partial charge in [-0.2, -0.15) is 0 Å². The molecule has 4 atom stereocenters. The molecule has 0 bridgehead atoms. The molecule has 1 aliphatic heterocycles. The molecule has 2 unspecified atom stereocenters. The maximum atomic E-state index is 10.3. The van der Waals surface area contributed by atoms with Crippen LogP contribution in [0.3, 0.4) is 0 Å². The average Bonchev–Trinajstić information content (AvgIpc) is 3.09. The lowest BCUT2D eigenvalue weighted by Gasteiger charge is -2.16. The SMILES string of the molecule is CCCCNCC1OC(n2cnc3c(N)ncnc32)[C@H](O)[C@@H]1O. The molecule has 1 fully saturated rings. The summed E-state index contributed by atoms with van der Waals surface area (Å²) in [7, 11) is 0. The van der Waals surface area contributed by atoms with Gasteiger partial charge in [0, 0.05) is 6.54 Å². The maximum Gasteiger partial charge on any atom is 0.167 e. The van der Waals surface area contributed by atoms with Crippen LogP contribution >= 0.6 is 0 Å². The minimum absolute atomic E-state index is 0.263. The second-order valence-corrected chi connectivity index (χ2v) is 5.69.